The van der Waals surface area contributed by atoms with Crippen LogP contribution in [0.4, 0.5) is 5.69 Å². The molecule has 0 bridgehead atoms. The van der Waals surface area contributed by atoms with Crippen LogP contribution in [0.5, 0.6) is 5.75 Å². The number of benzene rings is 1. The zero-order valence-corrected chi connectivity index (χ0v) is 9.39. The van der Waals surface area contributed by atoms with E-state index in [0.29, 0.717) is 23.1 Å². The molecule has 0 aliphatic rings. The Labute approximate surface area is 96.5 Å². The third kappa shape index (κ3) is 2.61. The van der Waals surface area contributed by atoms with Crippen LogP contribution in [0.15, 0.2) is 29.9 Å². The minimum atomic E-state index is 0.483. The van der Waals surface area contributed by atoms with Gasteiger partial charge in [-0.2, -0.15) is 0 Å². The molecule has 15 heavy (non-hydrogen) atoms. The quantitative estimate of drug-likeness (QED) is 0.840. The van der Waals surface area contributed by atoms with Crippen LogP contribution in [0, 0.1) is 0 Å². The Bertz CT molecular complexity index is 445. The molecule has 0 spiro atoms. The van der Waals surface area contributed by atoms with Crippen LogP contribution in [0.1, 0.15) is 4.88 Å². The van der Waals surface area contributed by atoms with Gasteiger partial charge in [0.25, 0.3) is 0 Å². The van der Waals surface area contributed by atoms with E-state index in [2.05, 4.69) is 4.98 Å². The lowest BCUT2D eigenvalue weighted by Gasteiger charge is -2.07. The minimum Gasteiger partial charge on any atom is -0.486 e. The van der Waals surface area contributed by atoms with Crippen molar-refractivity contribution in [1.82, 2.24) is 4.98 Å². The molecule has 0 unspecified atom stereocenters. The fraction of sp³-hybridized carbons (Fsp3) is 0.100. The second-order valence-corrected chi connectivity index (χ2v) is 4.35. The number of rotatable bonds is 3. The van der Waals surface area contributed by atoms with Gasteiger partial charge in [0.05, 0.1) is 16.1 Å². The van der Waals surface area contributed by atoms with Gasteiger partial charge in [0, 0.05) is 11.2 Å². The lowest BCUT2D eigenvalue weighted by atomic mass is 10.3. The van der Waals surface area contributed by atoms with Crippen molar-refractivity contribution >= 4 is 28.6 Å². The van der Waals surface area contributed by atoms with Gasteiger partial charge in [-0.1, -0.05) is 11.6 Å². The Morgan fingerprint density at radius 1 is 1.47 bits per heavy atom. The van der Waals surface area contributed by atoms with Gasteiger partial charge in [-0.3, -0.25) is 4.98 Å². The number of hydrogen-bond donors (Lipinski definition) is 1. The van der Waals surface area contributed by atoms with E-state index in [-0.39, 0.29) is 0 Å². The van der Waals surface area contributed by atoms with Gasteiger partial charge in [-0.05, 0) is 18.2 Å². The highest BCUT2D eigenvalue weighted by Gasteiger charge is 2.02. The maximum absolute atomic E-state index is 5.77. The van der Waals surface area contributed by atoms with Crippen molar-refractivity contribution in [2.75, 3.05) is 5.73 Å². The summed E-state index contributed by atoms with van der Waals surface area (Å²) in [6, 6.07) is 5.18. The Morgan fingerprint density at radius 3 is 3.00 bits per heavy atom. The van der Waals surface area contributed by atoms with Crippen LogP contribution in [-0.2, 0) is 6.61 Å². The molecule has 0 radical (unpaired) electrons. The van der Waals surface area contributed by atoms with Crippen molar-refractivity contribution in [1.29, 1.82) is 0 Å². The molecule has 1 aromatic heterocycles. The first kappa shape index (κ1) is 10.3. The van der Waals surface area contributed by atoms with E-state index in [9.17, 15) is 0 Å². The SMILES string of the molecule is Nc1cc(Cl)ccc1OCc1cncs1. The molecule has 78 valence electrons. The standard InChI is InChI=1S/C10H9ClN2OS/c11-7-1-2-10(9(12)3-7)14-5-8-4-13-6-15-8/h1-4,6H,5,12H2. The predicted octanol–water partition coefficient (Wildman–Crippen LogP) is 2.96. The van der Waals surface area contributed by atoms with Gasteiger partial charge in [-0.25, -0.2) is 0 Å². The molecule has 3 nitrogen and oxygen atoms in total. The highest BCUT2D eigenvalue weighted by molar-refractivity contribution is 7.09. The summed E-state index contributed by atoms with van der Waals surface area (Å²) >= 11 is 7.32. The van der Waals surface area contributed by atoms with E-state index in [1.54, 1.807) is 41.2 Å². The first-order chi connectivity index (χ1) is 7.25. The van der Waals surface area contributed by atoms with E-state index < -0.39 is 0 Å². The summed E-state index contributed by atoms with van der Waals surface area (Å²) in [5.41, 5.74) is 8.06. The second kappa shape index (κ2) is 4.51. The summed E-state index contributed by atoms with van der Waals surface area (Å²) in [6.07, 6.45) is 1.77. The highest BCUT2D eigenvalue weighted by Crippen LogP contribution is 2.25. The molecule has 0 saturated carbocycles. The van der Waals surface area contributed by atoms with Gasteiger partial charge in [0.2, 0.25) is 0 Å². The summed E-state index contributed by atoms with van der Waals surface area (Å²) in [4.78, 5) is 5.02. The molecule has 0 atom stereocenters. The summed E-state index contributed by atoms with van der Waals surface area (Å²) < 4.78 is 5.52. The van der Waals surface area contributed by atoms with Gasteiger partial charge in [-0.15, -0.1) is 11.3 Å². The maximum Gasteiger partial charge on any atom is 0.142 e. The van der Waals surface area contributed by atoms with Crippen molar-refractivity contribution in [3.63, 3.8) is 0 Å². The molecule has 1 aromatic carbocycles. The lowest BCUT2D eigenvalue weighted by Crippen LogP contribution is -1.97. The van der Waals surface area contributed by atoms with Crippen LogP contribution < -0.4 is 10.5 Å². The van der Waals surface area contributed by atoms with Crippen molar-refractivity contribution in [2.24, 2.45) is 0 Å². The van der Waals surface area contributed by atoms with E-state index in [0.717, 1.165) is 4.88 Å². The average molecular weight is 241 g/mol. The predicted molar refractivity (Wildman–Crippen MR) is 62.3 cm³/mol. The summed E-state index contributed by atoms with van der Waals surface area (Å²) in [6.45, 7) is 0.483. The van der Waals surface area contributed by atoms with Crippen molar-refractivity contribution in [3.8, 4) is 5.75 Å². The zero-order chi connectivity index (χ0) is 10.7. The number of thiazole rings is 1. The largest absolute Gasteiger partial charge is 0.486 e. The maximum atomic E-state index is 5.77. The van der Waals surface area contributed by atoms with Crippen LogP contribution in [0.25, 0.3) is 0 Å². The molecule has 0 amide bonds. The van der Waals surface area contributed by atoms with Crippen molar-refractivity contribution < 1.29 is 4.74 Å². The average Bonchev–Trinajstić information content (AvgIpc) is 2.69. The van der Waals surface area contributed by atoms with Crippen LogP contribution in [0.3, 0.4) is 0 Å². The van der Waals surface area contributed by atoms with E-state index >= 15 is 0 Å². The molecule has 5 heteroatoms. The Kier molecular flexibility index (Phi) is 3.08. The molecule has 2 rings (SSSR count). The Morgan fingerprint density at radius 2 is 2.33 bits per heavy atom. The summed E-state index contributed by atoms with van der Waals surface area (Å²) in [7, 11) is 0. The third-order valence-corrected chi connectivity index (χ3v) is 2.81. The number of nitrogens with zero attached hydrogens (tertiary/aromatic N) is 1. The minimum absolute atomic E-state index is 0.483. The zero-order valence-electron chi connectivity index (χ0n) is 7.81. The van der Waals surface area contributed by atoms with Gasteiger partial charge in [0.15, 0.2) is 0 Å². The van der Waals surface area contributed by atoms with E-state index in [4.69, 9.17) is 22.1 Å². The van der Waals surface area contributed by atoms with Gasteiger partial charge >= 0.3 is 0 Å². The monoisotopic (exact) mass is 240 g/mol. The molecule has 2 N–H and O–H groups in total. The number of hydrogen-bond acceptors (Lipinski definition) is 4. The lowest BCUT2D eigenvalue weighted by molar-refractivity contribution is 0.311. The Hall–Kier alpha value is -1.26. The van der Waals surface area contributed by atoms with Crippen molar-refractivity contribution in [2.45, 2.75) is 6.61 Å². The van der Waals surface area contributed by atoms with Gasteiger partial charge < -0.3 is 10.5 Å². The van der Waals surface area contributed by atoms with Crippen molar-refractivity contribution in [3.05, 3.63) is 39.8 Å². The van der Waals surface area contributed by atoms with E-state index in [1.165, 1.54) is 0 Å². The molecule has 0 aliphatic carbocycles. The molecule has 0 aliphatic heterocycles. The normalized spacial score (nSPS) is 10.2. The molecule has 0 fully saturated rings. The first-order valence-electron chi connectivity index (χ1n) is 4.31. The third-order valence-electron chi connectivity index (χ3n) is 1.83. The molecule has 0 saturated heterocycles. The first-order valence-corrected chi connectivity index (χ1v) is 5.56. The number of anilines is 1. The van der Waals surface area contributed by atoms with Crippen LogP contribution in [0.2, 0.25) is 5.02 Å². The fourth-order valence-corrected chi connectivity index (χ4v) is 1.80. The molecular formula is C10H9ClN2OS. The number of nitrogens with two attached hydrogens (primary N) is 1. The Balaban J connectivity index is 2.05. The fourth-order valence-electron chi connectivity index (χ4n) is 1.11. The number of ether oxygens (including phenoxy) is 1. The molecule has 1 heterocycles. The van der Waals surface area contributed by atoms with Crippen LogP contribution in [-0.4, -0.2) is 4.98 Å². The highest BCUT2D eigenvalue weighted by atomic mass is 35.5. The smallest absolute Gasteiger partial charge is 0.142 e. The number of halogens is 1. The summed E-state index contributed by atoms with van der Waals surface area (Å²) in [5.74, 6) is 0.646. The molecule has 2 aromatic rings. The number of nitrogen functional groups attached to an aromatic ring is 1. The van der Waals surface area contributed by atoms with Gasteiger partial charge in [0.1, 0.15) is 12.4 Å². The topological polar surface area (TPSA) is 48.1 Å². The van der Waals surface area contributed by atoms with E-state index in [1.807, 2.05) is 0 Å². The molecular weight excluding hydrogens is 232 g/mol. The van der Waals surface area contributed by atoms with Crippen LogP contribution >= 0.6 is 22.9 Å². The number of aromatic nitrogens is 1. The second-order valence-electron chi connectivity index (χ2n) is 2.94. The summed E-state index contributed by atoms with van der Waals surface area (Å²) in [5, 5.41) is 0.609.